The summed E-state index contributed by atoms with van der Waals surface area (Å²) in [6.45, 7) is 5.77. The van der Waals surface area contributed by atoms with Crippen molar-refractivity contribution in [1.82, 2.24) is 15.0 Å². The lowest BCUT2D eigenvalue weighted by atomic mass is 10.1. The normalized spacial score (nSPS) is 14.7. The van der Waals surface area contributed by atoms with Crippen molar-refractivity contribution in [3.63, 3.8) is 0 Å². The first-order valence-electron chi connectivity index (χ1n) is 7.44. The molecular formula is C19H16N3O. The molecule has 1 aromatic heterocycles. The minimum Gasteiger partial charge on any atom is -0.355 e. The number of aromatic nitrogens is 3. The lowest BCUT2D eigenvalue weighted by Crippen LogP contribution is -2.06. The van der Waals surface area contributed by atoms with Crippen molar-refractivity contribution in [1.29, 1.82) is 0 Å². The Morgan fingerprint density at radius 1 is 1.22 bits per heavy atom. The van der Waals surface area contributed by atoms with Gasteiger partial charge in [-0.25, -0.2) is 0 Å². The zero-order valence-electron chi connectivity index (χ0n) is 12.9. The van der Waals surface area contributed by atoms with E-state index >= 15 is 0 Å². The van der Waals surface area contributed by atoms with Crippen LogP contribution in [-0.4, -0.2) is 21.6 Å². The van der Waals surface area contributed by atoms with E-state index in [9.17, 15) is 0 Å². The van der Waals surface area contributed by atoms with Crippen LogP contribution >= 0.6 is 0 Å². The molecule has 1 aromatic carbocycles. The highest BCUT2D eigenvalue weighted by atomic mass is 16.5. The molecule has 3 rings (SSSR count). The Bertz CT molecular complexity index is 690. The van der Waals surface area contributed by atoms with E-state index in [1.807, 2.05) is 54.9 Å². The number of nitrogens with zero attached hydrogens (tertiary/aromatic N) is 3. The highest BCUT2D eigenvalue weighted by Crippen LogP contribution is 2.25. The van der Waals surface area contributed by atoms with Crippen LogP contribution in [0.4, 0.5) is 0 Å². The van der Waals surface area contributed by atoms with Crippen LogP contribution in [0.15, 0.2) is 30.5 Å². The van der Waals surface area contributed by atoms with Gasteiger partial charge in [-0.2, -0.15) is 0 Å². The van der Waals surface area contributed by atoms with Crippen LogP contribution in [0.1, 0.15) is 12.5 Å². The summed E-state index contributed by atoms with van der Waals surface area (Å²) in [7, 11) is 0. The summed E-state index contributed by atoms with van der Waals surface area (Å²) in [5.74, 6) is 6.96. The van der Waals surface area contributed by atoms with Gasteiger partial charge in [0.15, 0.2) is 0 Å². The zero-order valence-corrected chi connectivity index (χ0v) is 12.9. The van der Waals surface area contributed by atoms with Crippen LogP contribution in [0, 0.1) is 50.0 Å². The number of hydrogen-bond donors (Lipinski definition) is 0. The minimum absolute atomic E-state index is 0.571. The fourth-order valence-corrected chi connectivity index (χ4v) is 2.18. The van der Waals surface area contributed by atoms with Crippen LogP contribution in [0.5, 0.6) is 0 Å². The third-order valence-corrected chi connectivity index (χ3v) is 3.25. The molecule has 2 aromatic rings. The first kappa shape index (κ1) is 15.8. The fraction of sp³-hybridized carbons (Fsp3) is 0.158. The Balaban J connectivity index is 1.68. The third kappa shape index (κ3) is 4.43. The molecule has 1 aliphatic rings. The van der Waals surface area contributed by atoms with Crippen molar-refractivity contribution < 1.29 is 4.74 Å². The largest absolute Gasteiger partial charge is 0.355 e. The maximum absolute atomic E-state index is 4.97. The Kier molecular flexibility index (Phi) is 5.44. The summed E-state index contributed by atoms with van der Waals surface area (Å²) in [5.41, 5.74) is 2.71. The van der Waals surface area contributed by atoms with Gasteiger partial charge in [0.1, 0.15) is 5.69 Å². The van der Waals surface area contributed by atoms with Crippen molar-refractivity contribution in [3.05, 3.63) is 74.2 Å². The average Bonchev–Trinajstić information content (AvgIpc) is 3.24. The number of hydrogen-bond acceptors (Lipinski definition) is 3. The zero-order chi connectivity index (χ0) is 15.9. The second kappa shape index (κ2) is 7.94. The summed E-state index contributed by atoms with van der Waals surface area (Å²) in [4.78, 5) is 0. The molecule has 0 saturated heterocycles. The molecule has 0 spiro atoms. The monoisotopic (exact) mass is 302 g/mol. The quantitative estimate of drug-likeness (QED) is 0.630. The summed E-state index contributed by atoms with van der Waals surface area (Å²) in [6.07, 6.45) is 10.1. The van der Waals surface area contributed by atoms with E-state index in [4.69, 9.17) is 4.74 Å². The maximum Gasteiger partial charge on any atom is 0.217 e. The first-order chi connectivity index (χ1) is 11.3. The van der Waals surface area contributed by atoms with E-state index < -0.39 is 0 Å². The second-order valence-electron chi connectivity index (χ2n) is 4.96. The molecule has 0 bridgehead atoms. The van der Waals surface area contributed by atoms with Crippen molar-refractivity contribution in [2.45, 2.75) is 13.5 Å². The molecule has 113 valence electrons. The molecule has 7 radical (unpaired) electrons. The topological polar surface area (TPSA) is 39.9 Å². The van der Waals surface area contributed by atoms with Gasteiger partial charge in [-0.05, 0) is 44.7 Å². The lowest BCUT2D eigenvalue weighted by Gasteiger charge is -2.05. The Labute approximate surface area is 137 Å². The van der Waals surface area contributed by atoms with Gasteiger partial charge in [0, 0.05) is 30.2 Å². The highest BCUT2D eigenvalue weighted by Gasteiger charge is 2.18. The molecule has 0 unspecified atom stereocenters. The predicted octanol–water partition coefficient (Wildman–Crippen LogP) is 2.78. The summed E-state index contributed by atoms with van der Waals surface area (Å²) in [6, 6.07) is 7.88. The smallest absolute Gasteiger partial charge is 0.217 e. The van der Waals surface area contributed by atoms with E-state index in [0.29, 0.717) is 6.61 Å². The molecule has 0 atom stereocenters. The van der Waals surface area contributed by atoms with Crippen molar-refractivity contribution in [2.24, 2.45) is 0 Å². The predicted molar refractivity (Wildman–Crippen MR) is 87.6 cm³/mol. The Morgan fingerprint density at radius 2 is 2.09 bits per heavy atom. The molecular weight excluding hydrogens is 286 g/mol. The standard InChI is InChI=1S/C19H16N3O/c1-2-23-12-6-10-16-9-5-11-18(13-16)19-15-22(21-20-19)14-17-7-3-4-8-17/h3-5,7-9,11,13,15H,2,14H2,1H3. The molecule has 4 nitrogen and oxygen atoms in total. The molecule has 1 heterocycles. The van der Waals surface area contributed by atoms with Gasteiger partial charge in [-0.3, -0.25) is 4.68 Å². The summed E-state index contributed by atoms with van der Waals surface area (Å²) in [5, 5.41) is 8.42. The van der Waals surface area contributed by atoms with Gasteiger partial charge >= 0.3 is 0 Å². The molecule has 23 heavy (non-hydrogen) atoms. The van der Waals surface area contributed by atoms with E-state index in [1.54, 1.807) is 0 Å². The molecule has 4 heteroatoms. The highest BCUT2D eigenvalue weighted by molar-refractivity contribution is 5.60. The molecule has 1 saturated carbocycles. The van der Waals surface area contributed by atoms with Crippen LogP contribution in [0.3, 0.4) is 0 Å². The van der Waals surface area contributed by atoms with Gasteiger partial charge in [-0.15, -0.1) is 5.10 Å². The second-order valence-corrected chi connectivity index (χ2v) is 4.96. The molecule has 0 N–H and O–H groups in total. The summed E-state index contributed by atoms with van der Waals surface area (Å²) >= 11 is 0. The fourth-order valence-electron chi connectivity index (χ4n) is 2.18. The number of ether oxygens (including phenoxy) is 1. The van der Waals surface area contributed by atoms with E-state index in [0.717, 1.165) is 23.4 Å². The molecule has 0 aliphatic heterocycles. The molecule has 0 amide bonds. The Morgan fingerprint density at radius 3 is 2.91 bits per heavy atom. The van der Waals surface area contributed by atoms with Crippen LogP contribution in [-0.2, 0) is 11.3 Å². The van der Waals surface area contributed by atoms with Gasteiger partial charge in [0.25, 0.3) is 0 Å². The van der Waals surface area contributed by atoms with Gasteiger partial charge in [-0.1, -0.05) is 29.2 Å². The van der Waals surface area contributed by atoms with Crippen molar-refractivity contribution in [3.8, 4) is 23.1 Å². The van der Waals surface area contributed by atoms with E-state index in [2.05, 4.69) is 41.6 Å². The molecule has 1 aliphatic carbocycles. The van der Waals surface area contributed by atoms with Gasteiger partial charge < -0.3 is 4.74 Å². The van der Waals surface area contributed by atoms with Gasteiger partial charge in [0.05, 0.1) is 6.20 Å². The van der Waals surface area contributed by atoms with Crippen LogP contribution < -0.4 is 0 Å². The SMILES string of the molecule is CCO[C]C#Cc1cccc(-c2cn(C[C]3[CH][CH][CH][CH]3)nn2)c1. The Hall–Kier alpha value is -2.12. The minimum atomic E-state index is 0.571. The third-order valence-electron chi connectivity index (χ3n) is 3.25. The van der Waals surface area contributed by atoms with Crippen LogP contribution in [0.25, 0.3) is 11.3 Å². The summed E-state index contributed by atoms with van der Waals surface area (Å²) < 4.78 is 6.81. The van der Waals surface area contributed by atoms with E-state index in [-0.39, 0.29) is 0 Å². The van der Waals surface area contributed by atoms with Crippen molar-refractivity contribution >= 4 is 0 Å². The first-order valence-corrected chi connectivity index (χ1v) is 7.44. The lowest BCUT2D eigenvalue weighted by molar-refractivity contribution is 0.237. The molecule has 1 fully saturated rings. The number of rotatable bonds is 5. The number of benzene rings is 1. The van der Waals surface area contributed by atoms with Crippen LogP contribution in [0.2, 0.25) is 0 Å². The van der Waals surface area contributed by atoms with Crippen molar-refractivity contribution in [2.75, 3.05) is 6.61 Å². The van der Waals surface area contributed by atoms with E-state index in [1.165, 1.54) is 5.92 Å². The van der Waals surface area contributed by atoms with Gasteiger partial charge in [0.2, 0.25) is 6.61 Å². The average molecular weight is 302 g/mol. The maximum atomic E-state index is 4.97.